The number of phenols is 1. The average Bonchev–Trinajstić information content (AvgIpc) is 3.41. The van der Waals surface area contributed by atoms with Gasteiger partial charge in [-0.2, -0.15) is 0 Å². The SMILES string of the molecule is CCN(C)CCc1csc2cccc(O)c12.CNCCc1csc2cccc(OC(C)=O)c12. The monoisotopic (exact) mass is 484 g/mol. The van der Waals surface area contributed by atoms with Gasteiger partial charge >= 0.3 is 5.97 Å². The van der Waals surface area contributed by atoms with Crippen molar-refractivity contribution in [3.8, 4) is 11.5 Å². The molecule has 0 aliphatic heterocycles. The molecule has 2 N–H and O–H groups in total. The fourth-order valence-corrected chi connectivity index (χ4v) is 5.62. The lowest BCUT2D eigenvalue weighted by Crippen LogP contribution is -2.20. The van der Waals surface area contributed by atoms with Crippen LogP contribution < -0.4 is 10.1 Å². The predicted molar refractivity (Wildman–Crippen MR) is 141 cm³/mol. The van der Waals surface area contributed by atoms with E-state index < -0.39 is 0 Å². The van der Waals surface area contributed by atoms with E-state index in [2.05, 4.69) is 47.1 Å². The van der Waals surface area contributed by atoms with E-state index in [1.165, 1.54) is 22.8 Å². The molecule has 0 bridgehead atoms. The van der Waals surface area contributed by atoms with E-state index >= 15 is 0 Å². The van der Waals surface area contributed by atoms with Crippen LogP contribution in [-0.2, 0) is 17.6 Å². The number of phenolic OH excluding ortho intramolecular Hbond substituents is 1. The van der Waals surface area contributed by atoms with Crippen molar-refractivity contribution in [1.82, 2.24) is 10.2 Å². The summed E-state index contributed by atoms with van der Waals surface area (Å²) in [7, 11) is 4.05. The summed E-state index contributed by atoms with van der Waals surface area (Å²) in [5.41, 5.74) is 2.50. The lowest BCUT2D eigenvalue weighted by atomic mass is 10.1. The van der Waals surface area contributed by atoms with Gasteiger partial charge in [-0.15, -0.1) is 22.7 Å². The number of benzene rings is 2. The number of hydrogen-bond donors (Lipinski definition) is 2. The maximum absolute atomic E-state index is 11.1. The number of fused-ring (bicyclic) bond motifs is 2. The summed E-state index contributed by atoms with van der Waals surface area (Å²) in [6.07, 6.45) is 1.94. The first kappa shape index (κ1) is 25.2. The molecule has 33 heavy (non-hydrogen) atoms. The van der Waals surface area contributed by atoms with Crippen molar-refractivity contribution < 1.29 is 14.6 Å². The van der Waals surface area contributed by atoms with Crippen molar-refractivity contribution in [3.63, 3.8) is 0 Å². The number of esters is 1. The number of ether oxygens (including phenoxy) is 1. The molecule has 0 saturated heterocycles. The van der Waals surface area contributed by atoms with Crippen LogP contribution in [-0.4, -0.2) is 49.7 Å². The van der Waals surface area contributed by atoms with Gasteiger partial charge in [-0.3, -0.25) is 4.79 Å². The summed E-state index contributed by atoms with van der Waals surface area (Å²) < 4.78 is 7.59. The van der Waals surface area contributed by atoms with Gasteiger partial charge in [0.05, 0.1) is 0 Å². The molecule has 5 nitrogen and oxygen atoms in total. The van der Waals surface area contributed by atoms with Crippen molar-refractivity contribution in [1.29, 1.82) is 0 Å². The summed E-state index contributed by atoms with van der Waals surface area (Å²) in [6, 6.07) is 11.5. The molecule has 0 aliphatic rings. The van der Waals surface area contributed by atoms with Gasteiger partial charge in [0.15, 0.2) is 0 Å². The topological polar surface area (TPSA) is 61.8 Å². The van der Waals surface area contributed by atoms with Crippen LogP contribution in [0.25, 0.3) is 20.2 Å². The van der Waals surface area contributed by atoms with Crippen LogP contribution in [0.15, 0.2) is 47.2 Å². The Kier molecular flexibility index (Phi) is 9.26. The number of hydrogen-bond acceptors (Lipinski definition) is 7. The molecular weight excluding hydrogens is 452 g/mol. The molecule has 4 aromatic rings. The van der Waals surface area contributed by atoms with E-state index in [0.29, 0.717) is 11.5 Å². The van der Waals surface area contributed by atoms with E-state index in [9.17, 15) is 9.90 Å². The third-order valence-corrected chi connectivity index (χ3v) is 7.48. The molecule has 0 radical (unpaired) electrons. The molecule has 2 heterocycles. The zero-order chi connectivity index (χ0) is 23.8. The van der Waals surface area contributed by atoms with E-state index in [1.807, 2.05) is 25.2 Å². The third kappa shape index (κ3) is 6.54. The molecule has 0 unspecified atom stereocenters. The van der Waals surface area contributed by atoms with Gasteiger partial charge in [-0.25, -0.2) is 0 Å². The summed E-state index contributed by atoms with van der Waals surface area (Å²) in [4.78, 5) is 13.4. The minimum Gasteiger partial charge on any atom is -0.507 e. The number of carbonyl (C=O) groups excluding carboxylic acids is 1. The highest BCUT2D eigenvalue weighted by Gasteiger charge is 2.11. The van der Waals surface area contributed by atoms with Gasteiger partial charge in [-0.05, 0) is 86.2 Å². The number of rotatable bonds is 8. The Morgan fingerprint density at radius 3 is 2.30 bits per heavy atom. The van der Waals surface area contributed by atoms with Crippen LogP contribution in [0.1, 0.15) is 25.0 Å². The summed E-state index contributed by atoms with van der Waals surface area (Å²) in [5, 5.41) is 19.4. The molecule has 0 atom stereocenters. The summed E-state index contributed by atoms with van der Waals surface area (Å²) >= 11 is 3.40. The Morgan fingerprint density at radius 2 is 1.67 bits per heavy atom. The molecule has 0 aliphatic carbocycles. The second kappa shape index (κ2) is 12.1. The number of likely N-dealkylation sites (N-methyl/N-ethyl adjacent to an activating group) is 2. The fraction of sp³-hybridized carbons (Fsp3) is 0.346. The smallest absolute Gasteiger partial charge is 0.308 e. The quantitative estimate of drug-likeness (QED) is 0.249. The molecular formula is C26H32N2O3S2. The standard InChI is InChI=1S/C13H15NO2S.C13H17NOS/c1-9(15)16-11-4-3-5-12-13(11)10(8-17-12)6-7-14-2;1-3-14(2)8-7-10-9-16-12-6-4-5-11(15)13(10)12/h3-5,8,14H,6-7H2,1-2H3;4-6,9,15H,3,7-8H2,1-2H3. The first-order valence-corrected chi connectivity index (χ1v) is 12.9. The number of aromatic hydroxyl groups is 1. The lowest BCUT2D eigenvalue weighted by Gasteiger charge is -2.12. The zero-order valence-corrected chi connectivity index (χ0v) is 21.3. The van der Waals surface area contributed by atoms with Gasteiger partial charge in [-0.1, -0.05) is 19.1 Å². The highest BCUT2D eigenvalue weighted by Crippen LogP contribution is 2.34. The molecule has 2 aromatic carbocycles. The van der Waals surface area contributed by atoms with Crippen LogP contribution in [0.5, 0.6) is 11.5 Å². The Hall–Kier alpha value is -2.45. The number of thiophene rings is 2. The lowest BCUT2D eigenvalue weighted by molar-refractivity contribution is -0.131. The highest BCUT2D eigenvalue weighted by atomic mass is 32.1. The van der Waals surface area contributed by atoms with E-state index in [-0.39, 0.29) is 5.97 Å². The van der Waals surface area contributed by atoms with Crippen LogP contribution in [0.4, 0.5) is 0 Å². The number of carbonyl (C=O) groups is 1. The molecule has 0 amide bonds. The summed E-state index contributed by atoms with van der Waals surface area (Å²) in [6.45, 7) is 6.60. The van der Waals surface area contributed by atoms with E-state index in [4.69, 9.17) is 4.74 Å². The molecule has 7 heteroatoms. The Morgan fingerprint density at radius 1 is 1.03 bits per heavy atom. The maximum atomic E-state index is 11.1. The molecule has 2 aromatic heterocycles. The minimum absolute atomic E-state index is 0.275. The molecule has 4 rings (SSSR count). The second-order valence-electron chi connectivity index (χ2n) is 7.89. The van der Waals surface area contributed by atoms with Crippen molar-refractivity contribution in [2.45, 2.75) is 26.7 Å². The number of nitrogens with zero attached hydrogens (tertiary/aromatic N) is 1. The van der Waals surface area contributed by atoms with Crippen molar-refractivity contribution in [2.24, 2.45) is 0 Å². The summed E-state index contributed by atoms with van der Waals surface area (Å²) in [5.74, 6) is 0.804. The molecule has 0 saturated carbocycles. The van der Waals surface area contributed by atoms with E-state index in [0.717, 1.165) is 47.9 Å². The van der Waals surface area contributed by atoms with Crippen LogP contribution in [0.3, 0.4) is 0 Å². The molecule has 0 spiro atoms. The van der Waals surface area contributed by atoms with E-state index in [1.54, 1.807) is 28.7 Å². The van der Waals surface area contributed by atoms with Gasteiger partial charge in [0.1, 0.15) is 11.5 Å². The predicted octanol–water partition coefficient (Wildman–Crippen LogP) is 5.69. The Labute approximate surface area is 203 Å². The second-order valence-corrected chi connectivity index (χ2v) is 9.72. The Balaban J connectivity index is 0.000000186. The van der Waals surface area contributed by atoms with Crippen LogP contribution in [0, 0.1) is 0 Å². The first-order valence-electron chi connectivity index (χ1n) is 11.1. The van der Waals surface area contributed by atoms with Gasteiger partial charge < -0.3 is 20.1 Å². The average molecular weight is 485 g/mol. The van der Waals surface area contributed by atoms with Crippen molar-refractivity contribution in [2.75, 3.05) is 33.7 Å². The maximum Gasteiger partial charge on any atom is 0.308 e. The largest absolute Gasteiger partial charge is 0.507 e. The molecule has 176 valence electrons. The van der Waals surface area contributed by atoms with Gasteiger partial charge in [0, 0.05) is 33.6 Å². The van der Waals surface area contributed by atoms with Gasteiger partial charge in [0.25, 0.3) is 0 Å². The number of nitrogens with one attached hydrogen (secondary N) is 1. The fourth-order valence-electron chi connectivity index (χ4n) is 3.59. The Bertz CT molecular complexity index is 1200. The molecule has 0 fully saturated rings. The minimum atomic E-state index is -0.275. The van der Waals surface area contributed by atoms with Crippen molar-refractivity contribution >= 4 is 48.8 Å². The third-order valence-electron chi connectivity index (χ3n) is 5.49. The zero-order valence-electron chi connectivity index (χ0n) is 19.7. The van der Waals surface area contributed by atoms with Crippen LogP contribution in [0.2, 0.25) is 0 Å². The van der Waals surface area contributed by atoms with Gasteiger partial charge in [0.2, 0.25) is 0 Å². The van der Waals surface area contributed by atoms with Crippen molar-refractivity contribution in [3.05, 3.63) is 58.3 Å². The first-order chi connectivity index (χ1) is 15.9. The normalized spacial score (nSPS) is 11.1. The van der Waals surface area contributed by atoms with Crippen LogP contribution >= 0.6 is 22.7 Å². The highest BCUT2D eigenvalue weighted by molar-refractivity contribution is 7.17.